The number of nitrogens with zero attached hydrogens (tertiary/aromatic N) is 2. The molecule has 3 aromatic rings. The fourth-order valence-electron chi connectivity index (χ4n) is 3.45. The van der Waals surface area contributed by atoms with Gasteiger partial charge in [-0.2, -0.15) is 0 Å². The van der Waals surface area contributed by atoms with Gasteiger partial charge >= 0.3 is 6.03 Å². The number of carbonyl (C=O) groups excluding carboxylic acids is 2. The van der Waals surface area contributed by atoms with E-state index in [1.807, 2.05) is 24.3 Å². The molecule has 160 valence electrons. The number of anilines is 2. The largest absolute Gasteiger partial charge is 0.508 e. The second-order valence-corrected chi connectivity index (χ2v) is 7.28. The van der Waals surface area contributed by atoms with Gasteiger partial charge in [0.1, 0.15) is 5.75 Å². The van der Waals surface area contributed by atoms with E-state index in [1.54, 1.807) is 41.3 Å². The minimum atomic E-state index is -0.309. The average Bonchev–Trinajstić information content (AvgIpc) is 3.34. The van der Waals surface area contributed by atoms with Crippen molar-refractivity contribution < 1.29 is 19.1 Å². The third-order valence-electron chi connectivity index (χ3n) is 5.16. The maximum atomic E-state index is 12.5. The first-order valence-electron chi connectivity index (χ1n) is 10.1. The molecule has 0 unspecified atom stereocenters. The number of nitrogens with one attached hydrogen (secondary N) is 2. The SMILES string of the molecule is O=C(Nc1ccc(CNC(=O)N2CCN(c3cccc(O)c3)CC2)cc1)c1ccco1. The number of carbonyl (C=O) groups is 2. The molecule has 2 heterocycles. The Labute approximate surface area is 180 Å². The van der Waals surface area contributed by atoms with E-state index < -0.39 is 0 Å². The Morgan fingerprint density at radius 2 is 1.74 bits per heavy atom. The van der Waals surface area contributed by atoms with Crippen molar-refractivity contribution in [2.24, 2.45) is 0 Å². The third-order valence-corrected chi connectivity index (χ3v) is 5.16. The van der Waals surface area contributed by atoms with Crippen LogP contribution in [0.15, 0.2) is 71.3 Å². The standard InChI is InChI=1S/C23H24N4O4/c28-20-4-1-3-19(15-20)26-10-12-27(13-11-26)23(30)24-16-17-6-8-18(9-7-17)25-22(29)21-5-2-14-31-21/h1-9,14-15,28H,10-13,16H2,(H,24,30)(H,25,29). The molecule has 1 aromatic heterocycles. The van der Waals surface area contributed by atoms with Gasteiger partial charge in [0.15, 0.2) is 5.76 Å². The van der Waals surface area contributed by atoms with E-state index in [0.717, 1.165) is 11.3 Å². The number of aromatic hydroxyl groups is 1. The lowest BCUT2D eigenvalue weighted by Gasteiger charge is -2.36. The average molecular weight is 420 g/mol. The van der Waals surface area contributed by atoms with E-state index in [2.05, 4.69) is 15.5 Å². The summed E-state index contributed by atoms with van der Waals surface area (Å²) >= 11 is 0. The zero-order chi connectivity index (χ0) is 21.6. The highest BCUT2D eigenvalue weighted by molar-refractivity contribution is 6.02. The number of hydrogen-bond acceptors (Lipinski definition) is 5. The van der Waals surface area contributed by atoms with E-state index in [9.17, 15) is 14.7 Å². The number of piperazine rings is 1. The molecule has 0 saturated carbocycles. The highest BCUT2D eigenvalue weighted by Gasteiger charge is 2.21. The van der Waals surface area contributed by atoms with Crippen LogP contribution in [0.25, 0.3) is 0 Å². The van der Waals surface area contributed by atoms with E-state index in [0.29, 0.717) is 38.4 Å². The zero-order valence-corrected chi connectivity index (χ0v) is 17.0. The van der Waals surface area contributed by atoms with Crippen LogP contribution in [0.1, 0.15) is 16.1 Å². The number of benzene rings is 2. The van der Waals surface area contributed by atoms with Crippen molar-refractivity contribution in [2.75, 3.05) is 36.4 Å². The number of furan rings is 1. The molecular weight excluding hydrogens is 396 g/mol. The molecule has 1 aliphatic rings. The van der Waals surface area contributed by atoms with Crippen LogP contribution in [0.4, 0.5) is 16.2 Å². The maximum Gasteiger partial charge on any atom is 0.317 e. The fraction of sp³-hybridized carbons (Fsp3) is 0.217. The molecule has 0 radical (unpaired) electrons. The molecule has 1 fully saturated rings. The third kappa shape index (κ3) is 5.16. The van der Waals surface area contributed by atoms with Gasteiger partial charge in [-0.3, -0.25) is 4.79 Å². The summed E-state index contributed by atoms with van der Waals surface area (Å²) in [4.78, 5) is 28.4. The van der Waals surface area contributed by atoms with Crippen LogP contribution >= 0.6 is 0 Å². The van der Waals surface area contributed by atoms with Gasteiger partial charge in [-0.05, 0) is 42.0 Å². The van der Waals surface area contributed by atoms with Crippen LogP contribution in [-0.4, -0.2) is 48.1 Å². The number of phenols is 1. The lowest BCUT2D eigenvalue weighted by atomic mass is 10.2. The molecule has 1 saturated heterocycles. The lowest BCUT2D eigenvalue weighted by Crippen LogP contribution is -2.51. The van der Waals surface area contributed by atoms with Crippen molar-refractivity contribution in [1.29, 1.82) is 0 Å². The smallest absolute Gasteiger partial charge is 0.317 e. The number of urea groups is 1. The van der Waals surface area contributed by atoms with Crippen molar-refractivity contribution in [1.82, 2.24) is 10.2 Å². The summed E-state index contributed by atoms with van der Waals surface area (Å²) in [5.74, 6) is 0.181. The Bertz CT molecular complexity index is 1030. The zero-order valence-electron chi connectivity index (χ0n) is 17.0. The first-order valence-corrected chi connectivity index (χ1v) is 10.1. The molecule has 0 aliphatic carbocycles. The molecule has 0 atom stereocenters. The van der Waals surface area contributed by atoms with Crippen molar-refractivity contribution in [2.45, 2.75) is 6.54 Å². The van der Waals surface area contributed by atoms with Gasteiger partial charge in [0.25, 0.3) is 5.91 Å². The molecule has 0 bridgehead atoms. The van der Waals surface area contributed by atoms with Gasteiger partial charge in [-0.25, -0.2) is 4.79 Å². The monoisotopic (exact) mass is 420 g/mol. The molecule has 1 aliphatic heterocycles. The quantitative estimate of drug-likeness (QED) is 0.589. The number of phenolic OH excluding ortho intramolecular Hbond substituents is 1. The summed E-state index contributed by atoms with van der Waals surface area (Å²) in [6.45, 7) is 3.04. The van der Waals surface area contributed by atoms with Crippen molar-refractivity contribution >= 4 is 23.3 Å². The van der Waals surface area contributed by atoms with Crippen molar-refractivity contribution in [3.8, 4) is 5.75 Å². The van der Waals surface area contributed by atoms with Gasteiger partial charge < -0.3 is 30.0 Å². The Morgan fingerprint density at radius 1 is 0.968 bits per heavy atom. The highest BCUT2D eigenvalue weighted by atomic mass is 16.3. The molecule has 8 nitrogen and oxygen atoms in total. The first-order chi connectivity index (χ1) is 15.1. The predicted molar refractivity (Wildman–Crippen MR) is 117 cm³/mol. The number of amides is 3. The number of rotatable bonds is 5. The van der Waals surface area contributed by atoms with E-state index in [1.165, 1.54) is 6.26 Å². The highest BCUT2D eigenvalue weighted by Crippen LogP contribution is 2.21. The topological polar surface area (TPSA) is 98.1 Å². The molecule has 2 aromatic carbocycles. The Morgan fingerprint density at radius 3 is 2.42 bits per heavy atom. The van der Waals surface area contributed by atoms with Gasteiger partial charge in [0.2, 0.25) is 0 Å². The fourth-order valence-corrected chi connectivity index (χ4v) is 3.45. The normalized spacial score (nSPS) is 13.7. The maximum absolute atomic E-state index is 12.5. The van der Waals surface area contributed by atoms with Crippen molar-refractivity contribution in [3.63, 3.8) is 0 Å². The molecule has 3 amide bonds. The Balaban J connectivity index is 1.23. The minimum Gasteiger partial charge on any atom is -0.508 e. The summed E-state index contributed by atoms with van der Waals surface area (Å²) in [5, 5.41) is 15.3. The second-order valence-electron chi connectivity index (χ2n) is 7.28. The molecule has 4 rings (SSSR count). The molecular formula is C23H24N4O4. The van der Waals surface area contributed by atoms with E-state index in [4.69, 9.17) is 4.42 Å². The molecule has 3 N–H and O–H groups in total. The van der Waals surface area contributed by atoms with E-state index >= 15 is 0 Å². The summed E-state index contributed by atoms with van der Waals surface area (Å²) in [6.07, 6.45) is 1.45. The summed E-state index contributed by atoms with van der Waals surface area (Å²) in [7, 11) is 0. The Hall–Kier alpha value is -3.94. The van der Waals surface area contributed by atoms with Crippen LogP contribution in [0.3, 0.4) is 0 Å². The van der Waals surface area contributed by atoms with Gasteiger partial charge in [0, 0.05) is 50.2 Å². The summed E-state index contributed by atoms with van der Waals surface area (Å²) < 4.78 is 5.07. The van der Waals surface area contributed by atoms with Crippen LogP contribution in [-0.2, 0) is 6.54 Å². The molecule has 8 heteroatoms. The lowest BCUT2D eigenvalue weighted by molar-refractivity contribution is 0.0996. The first kappa shape index (κ1) is 20.3. The number of hydrogen-bond donors (Lipinski definition) is 3. The van der Waals surface area contributed by atoms with Crippen LogP contribution in [0.2, 0.25) is 0 Å². The van der Waals surface area contributed by atoms with Crippen LogP contribution in [0.5, 0.6) is 5.75 Å². The molecule has 31 heavy (non-hydrogen) atoms. The minimum absolute atomic E-state index is 0.106. The van der Waals surface area contributed by atoms with Crippen LogP contribution < -0.4 is 15.5 Å². The molecule has 0 spiro atoms. The van der Waals surface area contributed by atoms with E-state index in [-0.39, 0.29) is 23.4 Å². The summed E-state index contributed by atoms with van der Waals surface area (Å²) in [6, 6.07) is 17.6. The van der Waals surface area contributed by atoms with Gasteiger partial charge in [0.05, 0.1) is 6.26 Å². The van der Waals surface area contributed by atoms with Crippen LogP contribution in [0, 0.1) is 0 Å². The van der Waals surface area contributed by atoms with Gasteiger partial charge in [-0.1, -0.05) is 18.2 Å². The second kappa shape index (κ2) is 9.25. The Kier molecular flexibility index (Phi) is 6.07. The van der Waals surface area contributed by atoms with Gasteiger partial charge in [-0.15, -0.1) is 0 Å². The summed E-state index contributed by atoms with van der Waals surface area (Å²) in [5.41, 5.74) is 2.54. The predicted octanol–water partition coefficient (Wildman–Crippen LogP) is 3.27. The van der Waals surface area contributed by atoms with Crippen molar-refractivity contribution in [3.05, 3.63) is 78.3 Å².